The molecule has 0 saturated heterocycles. The van der Waals surface area contributed by atoms with Crippen molar-refractivity contribution in [1.29, 1.82) is 0 Å². The third-order valence-electron chi connectivity index (χ3n) is 3.11. The fraction of sp³-hybridized carbons (Fsp3) is 0.533. The number of methoxy groups -OCH3 is 2. The summed E-state index contributed by atoms with van der Waals surface area (Å²) in [5, 5.41) is 0. The number of rotatable bonds is 7. The first-order valence-electron chi connectivity index (χ1n) is 6.69. The molecular weight excluding hydrogens is 258 g/mol. The average Bonchev–Trinajstić information content (AvgIpc) is 2.47. The van der Waals surface area contributed by atoms with Crippen molar-refractivity contribution in [3.05, 3.63) is 23.8 Å². The van der Waals surface area contributed by atoms with Crippen LogP contribution < -0.4 is 15.2 Å². The number of nitrogens with two attached hydrogens (primary N) is 1. The zero-order chi connectivity index (χ0) is 15.1. The van der Waals surface area contributed by atoms with E-state index in [1.165, 1.54) is 7.11 Å². The summed E-state index contributed by atoms with van der Waals surface area (Å²) in [5.74, 6) is 0.708. The first-order valence-corrected chi connectivity index (χ1v) is 6.69. The highest BCUT2D eigenvalue weighted by molar-refractivity contribution is 5.74. The maximum absolute atomic E-state index is 11.5. The molecule has 0 spiro atoms. The van der Waals surface area contributed by atoms with E-state index in [-0.39, 0.29) is 6.04 Å². The summed E-state index contributed by atoms with van der Waals surface area (Å²) in [6.07, 6.45) is 0.827. The van der Waals surface area contributed by atoms with Crippen molar-refractivity contribution in [3.8, 4) is 11.5 Å². The molecule has 1 rings (SSSR count). The maximum atomic E-state index is 11.5. The molecule has 0 radical (unpaired) electrons. The summed E-state index contributed by atoms with van der Waals surface area (Å²) in [6.45, 7) is 3.67. The van der Waals surface area contributed by atoms with Gasteiger partial charge in [0.1, 0.15) is 0 Å². The molecule has 0 heterocycles. The smallest absolute Gasteiger partial charge is 0.346 e. The minimum atomic E-state index is -0.701. The molecule has 0 fully saturated rings. The molecule has 5 nitrogen and oxygen atoms in total. The normalized spacial score (nSPS) is 13.4. The number of para-hydroxylation sites is 1. The van der Waals surface area contributed by atoms with Crippen LogP contribution in [0.2, 0.25) is 0 Å². The molecule has 0 aliphatic heterocycles. The number of ether oxygens (including phenoxy) is 3. The Morgan fingerprint density at radius 1 is 1.35 bits per heavy atom. The number of carbonyl (C=O) groups is 1. The lowest BCUT2D eigenvalue weighted by Crippen LogP contribution is -2.27. The number of esters is 1. The van der Waals surface area contributed by atoms with Crippen molar-refractivity contribution in [2.45, 2.75) is 38.8 Å². The summed E-state index contributed by atoms with van der Waals surface area (Å²) >= 11 is 0. The van der Waals surface area contributed by atoms with Crippen LogP contribution in [0.15, 0.2) is 18.2 Å². The summed E-state index contributed by atoms with van der Waals surface area (Å²) < 4.78 is 15.7. The summed E-state index contributed by atoms with van der Waals surface area (Å²) in [5.41, 5.74) is 6.92. The summed E-state index contributed by atoms with van der Waals surface area (Å²) in [4.78, 5) is 11.5. The van der Waals surface area contributed by atoms with Crippen LogP contribution in [-0.2, 0) is 16.0 Å². The van der Waals surface area contributed by atoms with Crippen LogP contribution in [0.3, 0.4) is 0 Å². The van der Waals surface area contributed by atoms with Gasteiger partial charge in [-0.15, -0.1) is 0 Å². The number of hydrogen-bond acceptors (Lipinski definition) is 5. The fourth-order valence-corrected chi connectivity index (χ4v) is 1.83. The van der Waals surface area contributed by atoms with Crippen molar-refractivity contribution >= 4 is 5.97 Å². The monoisotopic (exact) mass is 281 g/mol. The van der Waals surface area contributed by atoms with Crippen LogP contribution in [0.25, 0.3) is 0 Å². The molecule has 112 valence electrons. The van der Waals surface area contributed by atoms with Crippen LogP contribution in [0.5, 0.6) is 11.5 Å². The van der Waals surface area contributed by atoms with Gasteiger partial charge in [0.05, 0.1) is 14.2 Å². The fourth-order valence-electron chi connectivity index (χ4n) is 1.83. The van der Waals surface area contributed by atoms with Crippen LogP contribution in [-0.4, -0.2) is 32.3 Å². The van der Waals surface area contributed by atoms with Gasteiger partial charge in [0.25, 0.3) is 0 Å². The third kappa shape index (κ3) is 4.13. The quantitative estimate of drug-likeness (QED) is 0.773. The van der Waals surface area contributed by atoms with Crippen LogP contribution in [0.1, 0.15) is 25.8 Å². The van der Waals surface area contributed by atoms with Gasteiger partial charge < -0.3 is 19.9 Å². The van der Waals surface area contributed by atoms with Gasteiger partial charge in [0, 0.05) is 6.04 Å². The Hall–Kier alpha value is -1.75. The molecule has 1 aromatic carbocycles. The first kappa shape index (κ1) is 16.3. The summed E-state index contributed by atoms with van der Waals surface area (Å²) in [6, 6.07) is 5.64. The van der Waals surface area contributed by atoms with Gasteiger partial charge in [-0.05, 0) is 31.4 Å². The molecule has 2 unspecified atom stereocenters. The van der Waals surface area contributed by atoms with Gasteiger partial charge in [0.2, 0.25) is 0 Å². The lowest BCUT2D eigenvalue weighted by Gasteiger charge is -2.19. The second-order valence-electron chi connectivity index (χ2n) is 4.60. The van der Waals surface area contributed by atoms with Crippen molar-refractivity contribution < 1.29 is 19.0 Å². The van der Waals surface area contributed by atoms with Crippen LogP contribution >= 0.6 is 0 Å². The van der Waals surface area contributed by atoms with Crippen molar-refractivity contribution in [2.75, 3.05) is 14.2 Å². The van der Waals surface area contributed by atoms with E-state index in [4.69, 9.17) is 15.2 Å². The molecule has 20 heavy (non-hydrogen) atoms. The van der Waals surface area contributed by atoms with E-state index in [0.717, 1.165) is 12.0 Å². The SMILES string of the molecule is CCC(N)Cc1cccc(OC)c1OC(C)C(=O)OC. The number of benzene rings is 1. The van der Waals surface area contributed by atoms with Crippen LogP contribution in [0, 0.1) is 0 Å². The number of carbonyl (C=O) groups excluding carboxylic acids is 1. The standard InChI is InChI=1S/C15H23NO4/c1-5-12(16)9-11-7-6-8-13(18-3)14(11)20-10(2)15(17)19-4/h6-8,10,12H,5,9,16H2,1-4H3. The molecule has 5 heteroatoms. The van der Waals surface area contributed by atoms with Gasteiger partial charge in [0.15, 0.2) is 17.6 Å². The maximum Gasteiger partial charge on any atom is 0.346 e. The van der Waals surface area contributed by atoms with E-state index in [9.17, 15) is 4.79 Å². The second kappa shape index (κ2) is 7.75. The number of hydrogen-bond donors (Lipinski definition) is 1. The van der Waals surface area contributed by atoms with Gasteiger partial charge in [-0.1, -0.05) is 19.1 Å². The lowest BCUT2D eigenvalue weighted by atomic mass is 10.0. The minimum Gasteiger partial charge on any atom is -0.493 e. The predicted molar refractivity (Wildman–Crippen MR) is 77.1 cm³/mol. The summed E-state index contributed by atoms with van der Waals surface area (Å²) in [7, 11) is 2.90. The first-order chi connectivity index (χ1) is 9.53. The lowest BCUT2D eigenvalue weighted by molar-refractivity contribution is -0.147. The molecule has 0 aromatic heterocycles. The van der Waals surface area contributed by atoms with Crippen molar-refractivity contribution in [1.82, 2.24) is 0 Å². The highest BCUT2D eigenvalue weighted by Crippen LogP contribution is 2.33. The zero-order valence-corrected chi connectivity index (χ0v) is 12.5. The Morgan fingerprint density at radius 3 is 2.60 bits per heavy atom. The highest BCUT2D eigenvalue weighted by atomic mass is 16.6. The molecule has 0 amide bonds. The topological polar surface area (TPSA) is 70.8 Å². The molecule has 0 aliphatic rings. The van der Waals surface area contributed by atoms with Crippen molar-refractivity contribution in [2.24, 2.45) is 5.73 Å². The molecule has 2 N–H and O–H groups in total. The Balaban J connectivity index is 3.03. The van der Waals surface area contributed by atoms with E-state index in [2.05, 4.69) is 4.74 Å². The van der Waals surface area contributed by atoms with E-state index in [1.807, 2.05) is 19.1 Å². The zero-order valence-electron chi connectivity index (χ0n) is 12.5. The highest BCUT2D eigenvalue weighted by Gasteiger charge is 2.20. The van der Waals surface area contributed by atoms with E-state index < -0.39 is 12.1 Å². The van der Waals surface area contributed by atoms with Gasteiger partial charge >= 0.3 is 5.97 Å². The second-order valence-corrected chi connectivity index (χ2v) is 4.60. The third-order valence-corrected chi connectivity index (χ3v) is 3.11. The predicted octanol–water partition coefficient (Wildman–Crippen LogP) is 1.92. The molecular formula is C15H23NO4. The minimum absolute atomic E-state index is 0.0397. The molecule has 0 saturated carbocycles. The molecule has 2 atom stereocenters. The average molecular weight is 281 g/mol. The van der Waals surface area contributed by atoms with Crippen molar-refractivity contribution in [3.63, 3.8) is 0 Å². The Morgan fingerprint density at radius 2 is 2.05 bits per heavy atom. The van der Waals surface area contributed by atoms with Gasteiger partial charge in [-0.3, -0.25) is 0 Å². The largest absolute Gasteiger partial charge is 0.493 e. The van der Waals surface area contributed by atoms with E-state index in [1.54, 1.807) is 20.1 Å². The van der Waals surface area contributed by atoms with E-state index in [0.29, 0.717) is 17.9 Å². The van der Waals surface area contributed by atoms with E-state index >= 15 is 0 Å². The van der Waals surface area contributed by atoms with Crippen LogP contribution in [0.4, 0.5) is 0 Å². The molecule has 1 aromatic rings. The van der Waals surface area contributed by atoms with Gasteiger partial charge in [-0.2, -0.15) is 0 Å². The Kier molecular flexibility index (Phi) is 6.31. The van der Waals surface area contributed by atoms with Gasteiger partial charge in [-0.25, -0.2) is 4.79 Å². The Bertz CT molecular complexity index is 447. The molecule has 0 aliphatic carbocycles. The molecule has 0 bridgehead atoms. The Labute approximate surface area is 120 Å².